The van der Waals surface area contributed by atoms with Gasteiger partial charge in [-0.1, -0.05) is 28.1 Å². The van der Waals surface area contributed by atoms with Crippen LogP contribution in [-0.4, -0.2) is 27.4 Å². The number of nitrogens with zero attached hydrogens (tertiary/aromatic N) is 2. The monoisotopic (exact) mass is 388 g/mol. The number of aliphatic hydroxyl groups excluding tert-OH is 1. The fourth-order valence-electron chi connectivity index (χ4n) is 2.44. The van der Waals surface area contributed by atoms with Crippen LogP contribution in [0.1, 0.15) is 5.56 Å². The molecular weight excluding hydrogens is 372 g/mol. The van der Waals surface area contributed by atoms with E-state index in [9.17, 15) is 9.90 Å². The maximum absolute atomic E-state index is 12.5. The summed E-state index contributed by atoms with van der Waals surface area (Å²) in [6, 6.07) is 13.0. The molecule has 6 heteroatoms. The second-order valence-electron chi connectivity index (χ2n) is 5.64. The van der Waals surface area contributed by atoms with Gasteiger partial charge >= 0.3 is 0 Å². The van der Waals surface area contributed by atoms with Crippen LogP contribution < -0.4 is 10.3 Å². The molecule has 3 rings (SSSR count). The molecule has 0 saturated carbocycles. The number of ether oxygens (including phenoxy) is 1. The van der Waals surface area contributed by atoms with Gasteiger partial charge in [0, 0.05) is 4.47 Å². The zero-order valence-electron chi connectivity index (χ0n) is 13.1. The zero-order valence-corrected chi connectivity index (χ0v) is 14.7. The number of aliphatic hydroxyl groups is 1. The standard InChI is InChI=1S/C18H17BrN2O3/c1-12-3-2-4-15(7-12)24-10-14(22)9-21-11-20-17-6-5-13(19)8-16(17)18(21)23/h2-8,11,14,22H,9-10H2,1H3. The van der Waals surface area contributed by atoms with Crippen molar-refractivity contribution in [2.75, 3.05) is 6.61 Å². The lowest BCUT2D eigenvalue weighted by Gasteiger charge is -2.14. The highest BCUT2D eigenvalue weighted by Crippen LogP contribution is 2.15. The highest BCUT2D eigenvalue weighted by atomic mass is 79.9. The van der Waals surface area contributed by atoms with Crippen LogP contribution >= 0.6 is 15.9 Å². The normalized spacial score (nSPS) is 12.3. The van der Waals surface area contributed by atoms with E-state index in [4.69, 9.17) is 4.74 Å². The third-order valence-electron chi connectivity index (χ3n) is 3.63. The summed E-state index contributed by atoms with van der Waals surface area (Å²) in [5.41, 5.74) is 1.53. The lowest BCUT2D eigenvalue weighted by Crippen LogP contribution is -2.30. The summed E-state index contributed by atoms with van der Waals surface area (Å²) in [5.74, 6) is 0.696. The molecule has 1 unspecified atom stereocenters. The predicted octanol–water partition coefficient (Wildman–Crippen LogP) is 2.91. The van der Waals surface area contributed by atoms with Crippen molar-refractivity contribution in [3.8, 4) is 5.75 Å². The van der Waals surface area contributed by atoms with Crippen LogP contribution in [0, 0.1) is 6.92 Å². The van der Waals surface area contributed by atoms with Gasteiger partial charge in [0.1, 0.15) is 18.5 Å². The Morgan fingerprint density at radius 2 is 2.12 bits per heavy atom. The number of rotatable bonds is 5. The van der Waals surface area contributed by atoms with Crippen LogP contribution in [0.15, 0.2) is 58.1 Å². The average Bonchev–Trinajstić information content (AvgIpc) is 2.56. The van der Waals surface area contributed by atoms with E-state index in [1.165, 1.54) is 10.9 Å². The number of aromatic nitrogens is 2. The number of fused-ring (bicyclic) bond motifs is 1. The molecule has 5 nitrogen and oxygen atoms in total. The van der Waals surface area contributed by atoms with E-state index in [0.29, 0.717) is 16.7 Å². The molecule has 2 aromatic carbocycles. The van der Waals surface area contributed by atoms with Gasteiger partial charge in [0.05, 0.1) is 23.8 Å². The third kappa shape index (κ3) is 3.83. The summed E-state index contributed by atoms with van der Waals surface area (Å²) in [7, 11) is 0. The molecule has 0 bridgehead atoms. The highest BCUT2D eigenvalue weighted by Gasteiger charge is 2.10. The SMILES string of the molecule is Cc1cccc(OCC(O)Cn2cnc3ccc(Br)cc3c2=O)c1. The fourth-order valence-corrected chi connectivity index (χ4v) is 2.80. The smallest absolute Gasteiger partial charge is 0.261 e. The third-order valence-corrected chi connectivity index (χ3v) is 4.12. The summed E-state index contributed by atoms with van der Waals surface area (Å²) in [4.78, 5) is 16.7. The van der Waals surface area contributed by atoms with E-state index in [0.717, 1.165) is 10.0 Å². The summed E-state index contributed by atoms with van der Waals surface area (Å²) >= 11 is 3.35. The number of hydrogen-bond donors (Lipinski definition) is 1. The Morgan fingerprint density at radius 1 is 1.29 bits per heavy atom. The number of benzene rings is 2. The predicted molar refractivity (Wildman–Crippen MR) is 96.4 cm³/mol. The Balaban J connectivity index is 1.72. The number of halogens is 1. The van der Waals surface area contributed by atoms with Crippen LogP contribution in [0.5, 0.6) is 5.75 Å². The van der Waals surface area contributed by atoms with Crippen molar-refractivity contribution in [1.82, 2.24) is 9.55 Å². The Morgan fingerprint density at radius 3 is 2.92 bits per heavy atom. The molecule has 0 spiro atoms. The fraction of sp³-hybridized carbons (Fsp3) is 0.222. The lowest BCUT2D eigenvalue weighted by molar-refractivity contribution is 0.0914. The molecule has 1 atom stereocenters. The Bertz CT molecular complexity index is 924. The van der Waals surface area contributed by atoms with Crippen LogP contribution in [0.4, 0.5) is 0 Å². The molecule has 0 aliphatic rings. The van der Waals surface area contributed by atoms with E-state index >= 15 is 0 Å². The Labute approximate surface area is 147 Å². The van der Waals surface area contributed by atoms with Crippen LogP contribution in [0.3, 0.4) is 0 Å². The van der Waals surface area contributed by atoms with Gasteiger partial charge < -0.3 is 9.84 Å². The molecule has 124 valence electrons. The minimum atomic E-state index is -0.811. The lowest BCUT2D eigenvalue weighted by atomic mass is 10.2. The first kappa shape index (κ1) is 16.7. The molecule has 24 heavy (non-hydrogen) atoms. The van der Waals surface area contributed by atoms with Gasteiger partial charge in [-0.15, -0.1) is 0 Å². The summed E-state index contributed by atoms with van der Waals surface area (Å²) in [6.07, 6.45) is 0.642. The molecule has 0 aliphatic carbocycles. The first-order valence-electron chi connectivity index (χ1n) is 7.55. The van der Waals surface area contributed by atoms with Gasteiger partial charge in [0.2, 0.25) is 0 Å². The second kappa shape index (κ2) is 7.15. The number of aryl methyl sites for hydroxylation is 1. The molecule has 0 radical (unpaired) electrons. The molecule has 1 aromatic heterocycles. The van der Waals surface area contributed by atoms with Gasteiger partial charge in [0.15, 0.2) is 0 Å². The van der Waals surface area contributed by atoms with E-state index in [1.54, 1.807) is 12.1 Å². The van der Waals surface area contributed by atoms with Gasteiger partial charge in [0.25, 0.3) is 5.56 Å². The van der Waals surface area contributed by atoms with Crippen LogP contribution in [0.25, 0.3) is 10.9 Å². The van der Waals surface area contributed by atoms with Gasteiger partial charge in [-0.2, -0.15) is 0 Å². The van der Waals surface area contributed by atoms with E-state index in [2.05, 4.69) is 20.9 Å². The molecular formula is C18H17BrN2O3. The quantitative estimate of drug-likeness (QED) is 0.729. The Kier molecular flexibility index (Phi) is 4.97. The maximum Gasteiger partial charge on any atom is 0.261 e. The van der Waals surface area contributed by atoms with Crippen molar-refractivity contribution in [3.05, 3.63) is 69.2 Å². The molecule has 0 saturated heterocycles. The molecule has 1 heterocycles. The van der Waals surface area contributed by atoms with Crippen molar-refractivity contribution in [2.45, 2.75) is 19.6 Å². The first-order valence-corrected chi connectivity index (χ1v) is 8.34. The molecule has 0 amide bonds. The Hall–Kier alpha value is -2.18. The second-order valence-corrected chi connectivity index (χ2v) is 6.56. The van der Waals surface area contributed by atoms with Crippen molar-refractivity contribution in [2.24, 2.45) is 0 Å². The first-order chi connectivity index (χ1) is 11.5. The minimum Gasteiger partial charge on any atom is -0.491 e. The summed E-state index contributed by atoms with van der Waals surface area (Å²) in [5, 5.41) is 10.7. The van der Waals surface area contributed by atoms with E-state index in [1.807, 2.05) is 37.3 Å². The van der Waals surface area contributed by atoms with E-state index < -0.39 is 6.10 Å². The molecule has 3 aromatic rings. The van der Waals surface area contributed by atoms with Crippen LogP contribution in [0.2, 0.25) is 0 Å². The topological polar surface area (TPSA) is 64.3 Å². The average molecular weight is 389 g/mol. The van der Waals surface area contributed by atoms with Gasteiger partial charge in [-0.3, -0.25) is 9.36 Å². The molecule has 0 fully saturated rings. The molecule has 0 aliphatic heterocycles. The summed E-state index contributed by atoms with van der Waals surface area (Å²) < 4.78 is 7.79. The molecule has 1 N–H and O–H groups in total. The number of hydrogen-bond acceptors (Lipinski definition) is 4. The summed E-state index contributed by atoms with van der Waals surface area (Å²) in [6.45, 7) is 2.20. The minimum absolute atomic E-state index is 0.104. The van der Waals surface area contributed by atoms with Gasteiger partial charge in [-0.25, -0.2) is 4.98 Å². The largest absolute Gasteiger partial charge is 0.491 e. The van der Waals surface area contributed by atoms with Gasteiger partial charge in [-0.05, 0) is 42.8 Å². The maximum atomic E-state index is 12.5. The zero-order chi connectivity index (χ0) is 17.1. The van der Waals surface area contributed by atoms with E-state index in [-0.39, 0.29) is 18.7 Å². The van der Waals surface area contributed by atoms with Crippen molar-refractivity contribution in [3.63, 3.8) is 0 Å². The van der Waals surface area contributed by atoms with Crippen LogP contribution in [-0.2, 0) is 6.54 Å². The van der Waals surface area contributed by atoms with Crippen molar-refractivity contribution < 1.29 is 9.84 Å². The van der Waals surface area contributed by atoms with Crippen molar-refractivity contribution in [1.29, 1.82) is 0 Å². The highest BCUT2D eigenvalue weighted by molar-refractivity contribution is 9.10. The van der Waals surface area contributed by atoms with Crippen molar-refractivity contribution >= 4 is 26.8 Å².